The highest BCUT2D eigenvalue weighted by atomic mass is 35.5. The quantitative estimate of drug-likeness (QED) is 0.503. The van der Waals surface area contributed by atoms with Crippen molar-refractivity contribution in [2.24, 2.45) is 0 Å². The van der Waals surface area contributed by atoms with Crippen LogP contribution in [0.25, 0.3) is 27.8 Å². The zero-order valence-corrected chi connectivity index (χ0v) is 11.0. The molecule has 0 saturated carbocycles. The molecule has 4 aromatic rings. The number of aromatic nitrogens is 5. The molecule has 1 aromatic carbocycles. The monoisotopic (exact) mass is 281 g/mol. The van der Waals surface area contributed by atoms with Crippen LogP contribution in [0.1, 0.15) is 0 Å². The summed E-state index contributed by atoms with van der Waals surface area (Å²) in [5.74, 6) is 0.702. The zero-order chi connectivity index (χ0) is 13.5. The van der Waals surface area contributed by atoms with E-state index in [9.17, 15) is 0 Å². The van der Waals surface area contributed by atoms with E-state index < -0.39 is 0 Å². The van der Waals surface area contributed by atoms with Gasteiger partial charge in [-0.25, -0.2) is 15.0 Å². The number of hydrogen-bond donors (Lipinski definition) is 0. The Labute approximate surface area is 118 Å². The molecule has 0 radical (unpaired) electrons. The Morgan fingerprint density at radius 2 is 1.90 bits per heavy atom. The van der Waals surface area contributed by atoms with E-state index in [1.54, 1.807) is 10.9 Å². The maximum Gasteiger partial charge on any atom is 0.169 e. The van der Waals surface area contributed by atoms with Gasteiger partial charge in [0.25, 0.3) is 0 Å². The molecule has 0 amide bonds. The number of fused-ring (bicyclic) bond motifs is 2. The van der Waals surface area contributed by atoms with E-state index in [0.717, 1.165) is 10.9 Å². The van der Waals surface area contributed by atoms with Crippen LogP contribution >= 0.6 is 11.6 Å². The first-order chi connectivity index (χ1) is 9.83. The van der Waals surface area contributed by atoms with Crippen LogP contribution in [0.4, 0.5) is 0 Å². The summed E-state index contributed by atoms with van der Waals surface area (Å²) >= 11 is 6.03. The van der Waals surface area contributed by atoms with Gasteiger partial charge < -0.3 is 0 Å². The second-order valence-corrected chi connectivity index (χ2v) is 4.68. The Hall–Kier alpha value is -2.53. The molecule has 0 aliphatic carbocycles. The van der Waals surface area contributed by atoms with Gasteiger partial charge in [-0.15, -0.1) is 0 Å². The normalized spacial score (nSPS) is 11.2. The highest BCUT2D eigenvalue weighted by Crippen LogP contribution is 2.21. The first-order valence-electron chi connectivity index (χ1n) is 6.03. The number of para-hydroxylation sites is 1. The molecular formula is C14H8ClN5. The van der Waals surface area contributed by atoms with Gasteiger partial charge in [-0.1, -0.05) is 29.8 Å². The van der Waals surface area contributed by atoms with Crippen LogP contribution in [0.2, 0.25) is 5.15 Å². The Morgan fingerprint density at radius 3 is 2.85 bits per heavy atom. The SMILES string of the molecule is Clc1ncnc2c1cnn2-c1ccc2ccccc2n1. The van der Waals surface area contributed by atoms with E-state index in [0.29, 0.717) is 22.0 Å². The molecule has 0 unspecified atom stereocenters. The van der Waals surface area contributed by atoms with Crippen LogP contribution in [0, 0.1) is 0 Å². The summed E-state index contributed by atoms with van der Waals surface area (Å²) in [4.78, 5) is 12.8. The summed E-state index contributed by atoms with van der Waals surface area (Å²) in [6, 6.07) is 11.8. The van der Waals surface area contributed by atoms with Gasteiger partial charge in [0.2, 0.25) is 0 Å². The van der Waals surface area contributed by atoms with E-state index >= 15 is 0 Å². The van der Waals surface area contributed by atoms with E-state index in [1.807, 2.05) is 36.4 Å². The zero-order valence-electron chi connectivity index (χ0n) is 10.2. The van der Waals surface area contributed by atoms with E-state index in [-0.39, 0.29) is 0 Å². The van der Waals surface area contributed by atoms with Crippen molar-refractivity contribution in [3.8, 4) is 5.82 Å². The number of halogens is 1. The Kier molecular flexibility index (Phi) is 2.40. The fourth-order valence-electron chi connectivity index (χ4n) is 2.16. The lowest BCUT2D eigenvalue weighted by Crippen LogP contribution is -2.00. The van der Waals surface area contributed by atoms with Crippen molar-refractivity contribution >= 4 is 33.5 Å². The summed E-state index contributed by atoms with van der Waals surface area (Å²) in [7, 11) is 0. The largest absolute Gasteiger partial charge is 0.229 e. The van der Waals surface area contributed by atoms with Crippen molar-refractivity contribution in [2.45, 2.75) is 0 Å². The van der Waals surface area contributed by atoms with Crippen molar-refractivity contribution in [3.05, 3.63) is 54.1 Å². The van der Waals surface area contributed by atoms with Crippen molar-refractivity contribution in [1.82, 2.24) is 24.7 Å². The molecule has 0 N–H and O–H groups in total. The minimum atomic E-state index is 0.391. The molecule has 6 heteroatoms. The maximum atomic E-state index is 6.03. The number of hydrogen-bond acceptors (Lipinski definition) is 4. The number of rotatable bonds is 1. The van der Waals surface area contributed by atoms with Gasteiger partial charge in [0.1, 0.15) is 11.5 Å². The Morgan fingerprint density at radius 1 is 1.00 bits per heavy atom. The van der Waals surface area contributed by atoms with Gasteiger partial charge in [-0.05, 0) is 18.2 Å². The molecular weight excluding hydrogens is 274 g/mol. The number of nitrogens with zero attached hydrogens (tertiary/aromatic N) is 5. The van der Waals surface area contributed by atoms with Gasteiger partial charge in [-0.2, -0.15) is 9.78 Å². The van der Waals surface area contributed by atoms with Gasteiger partial charge in [0.15, 0.2) is 11.5 Å². The predicted molar refractivity (Wildman–Crippen MR) is 77.0 cm³/mol. The molecule has 0 saturated heterocycles. The molecule has 3 aromatic heterocycles. The minimum absolute atomic E-state index is 0.391. The molecule has 0 spiro atoms. The summed E-state index contributed by atoms with van der Waals surface area (Å²) in [6.45, 7) is 0. The fourth-order valence-corrected chi connectivity index (χ4v) is 2.33. The Bertz CT molecular complexity index is 931. The molecule has 0 fully saturated rings. The fraction of sp³-hybridized carbons (Fsp3) is 0. The third kappa shape index (κ3) is 1.64. The van der Waals surface area contributed by atoms with Crippen molar-refractivity contribution in [3.63, 3.8) is 0 Å². The molecule has 0 aliphatic rings. The third-order valence-corrected chi connectivity index (χ3v) is 3.42. The predicted octanol–water partition coefficient (Wildman–Crippen LogP) is 3.02. The summed E-state index contributed by atoms with van der Waals surface area (Å²) in [5.41, 5.74) is 1.56. The molecule has 4 rings (SSSR count). The molecule has 96 valence electrons. The van der Waals surface area contributed by atoms with Crippen molar-refractivity contribution in [2.75, 3.05) is 0 Å². The van der Waals surface area contributed by atoms with Gasteiger partial charge >= 0.3 is 0 Å². The summed E-state index contributed by atoms with van der Waals surface area (Å²) in [6.07, 6.45) is 3.07. The second kappa shape index (κ2) is 4.25. The second-order valence-electron chi connectivity index (χ2n) is 4.32. The summed E-state index contributed by atoms with van der Waals surface area (Å²) < 4.78 is 1.66. The van der Waals surface area contributed by atoms with Gasteiger partial charge in [-0.3, -0.25) is 0 Å². The summed E-state index contributed by atoms with van der Waals surface area (Å²) in [5, 5.41) is 6.49. The average molecular weight is 282 g/mol. The highest BCUT2D eigenvalue weighted by molar-refractivity contribution is 6.33. The minimum Gasteiger partial charge on any atom is -0.229 e. The first kappa shape index (κ1) is 11.3. The molecule has 0 aliphatic heterocycles. The maximum absolute atomic E-state index is 6.03. The number of pyridine rings is 1. The molecule has 3 heterocycles. The van der Waals surface area contributed by atoms with Crippen LogP contribution in [0.15, 0.2) is 48.9 Å². The van der Waals surface area contributed by atoms with E-state index in [2.05, 4.69) is 20.1 Å². The molecule has 0 atom stereocenters. The lowest BCUT2D eigenvalue weighted by molar-refractivity contribution is 0.867. The van der Waals surface area contributed by atoms with Crippen molar-refractivity contribution < 1.29 is 0 Å². The van der Waals surface area contributed by atoms with Crippen LogP contribution < -0.4 is 0 Å². The van der Waals surface area contributed by atoms with Gasteiger partial charge in [0.05, 0.1) is 17.1 Å². The highest BCUT2D eigenvalue weighted by Gasteiger charge is 2.10. The average Bonchev–Trinajstić information content (AvgIpc) is 2.92. The lowest BCUT2D eigenvalue weighted by Gasteiger charge is -2.03. The van der Waals surface area contributed by atoms with Gasteiger partial charge in [0, 0.05) is 5.39 Å². The molecule has 5 nitrogen and oxygen atoms in total. The molecule has 20 heavy (non-hydrogen) atoms. The molecule has 0 bridgehead atoms. The third-order valence-electron chi connectivity index (χ3n) is 3.12. The lowest BCUT2D eigenvalue weighted by atomic mass is 10.2. The smallest absolute Gasteiger partial charge is 0.169 e. The first-order valence-corrected chi connectivity index (χ1v) is 6.41. The van der Waals surface area contributed by atoms with E-state index in [1.165, 1.54) is 6.33 Å². The van der Waals surface area contributed by atoms with Crippen LogP contribution in [0.3, 0.4) is 0 Å². The van der Waals surface area contributed by atoms with Crippen LogP contribution in [-0.4, -0.2) is 24.7 Å². The Balaban J connectivity index is 1.99. The van der Waals surface area contributed by atoms with E-state index in [4.69, 9.17) is 11.6 Å². The number of benzene rings is 1. The van der Waals surface area contributed by atoms with Crippen LogP contribution in [-0.2, 0) is 0 Å². The topological polar surface area (TPSA) is 56.5 Å². The van der Waals surface area contributed by atoms with Crippen LogP contribution in [0.5, 0.6) is 0 Å². The standard InChI is InChI=1S/C14H8ClN5/c15-13-10-7-18-20(14(10)17-8-16-13)12-6-5-9-3-1-2-4-11(9)19-12/h1-8H. The van der Waals surface area contributed by atoms with Crippen molar-refractivity contribution in [1.29, 1.82) is 0 Å².